The lowest BCUT2D eigenvalue weighted by atomic mass is 10.2. The molecule has 3 rings (SSSR count). The van der Waals surface area contributed by atoms with Gasteiger partial charge in [-0.05, 0) is 36.8 Å². The van der Waals surface area contributed by atoms with Gasteiger partial charge in [0.25, 0.3) is 5.69 Å². The average molecular weight is 420 g/mol. The number of nitro groups is 1. The molecule has 0 N–H and O–H groups in total. The first-order chi connectivity index (χ1) is 13.4. The van der Waals surface area contributed by atoms with Crippen LogP contribution in [0.3, 0.4) is 0 Å². The number of thioether (sulfide) groups is 1. The standard InChI is InChI=1S/C20H22ClN3O3S/c1-15(28-19-8-6-18(7-9-19)24(26)27)20(25)23-12-10-22(11-13-23)14-16-2-4-17(21)5-3-16/h2-9,15H,10-14H2,1H3. The molecular formula is C20H22ClN3O3S. The van der Waals surface area contributed by atoms with Crippen LogP contribution in [0, 0.1) is 10.1 Å². The number of rotatable bonds is 6. The van der Waals surface area contributed by atoms with E-state index in [-0.39, 0.29) is 16.8 Å². The van der Waals surface area contributed by atoms with E-state index >= 15 is 0 Å². The van der Waals surface area contributed by atoms with E-state index in [9.17, 15) is 14.9 Å². The second kappa shape index (κ2) is 9.41. The van der Waals surface area contributed by atoms with Crippen molar-refractivity contribution < 1.29 is 9.72 Å². The first-order valence-electron chi connectivity index (χ1n) is 9.09. The van der Waals surface area contributed by atoms with Crippen LogP contribution in [0.1, 0.15) is 12.5 Å². The molecule has 0 aliphatic carbocycles. The Hall–Kier alpha value is -2.09. The summed E-state index contributed by atoms with van der Waals surface area (Å²) in [5.41, 5.74) is 1.27. The molecule has 1 saturated heterocycles. The molecule has 0 bridgehead atoms. The average Bonchev–Trinajstić information content (AvgIpc) is 2.70. The highest BCUT2D eigenvalue weighted by atomic mass is 35.5. The topological polar surface area (TPSA) is 66.7 Å². The number of carbonyl (C=O) groups excluding carboxylic acids is 1. The van der Waals surface area contributed by atoms with Gasteiger partial charge in [-0.3, -0.25) is 19.8 Å². The Morgan fingerprint density at radius 2 is 1.71 bits per heavy atom. The first kappa shape index (κ1) is 20.6. The fourth-order valence-corrected chi connectivity index (χ4v) is 4.21. The van der Waals surface area contributed by atoms with Crippen LogP contribution in [0.5, 0.6) is 0 Å². The highest BCUT2D eigenvalue weighted by Crippen LogP contribution is 2.26. The lowest BCUT2D eigenvalue weighted by Gasteiger charge is -2.36. The van der Waals surface area contributed by atoms with Gasteiger partial charge >= 0.3 is 0 Å². The summed E-state index contributed by atoms with van der Waals surface area (Å²) in [6.45, 7) is 5.82. The van der Waals surface area contributed by atoms with E-state index in [2.05, 4.69) is 4.90 Å². The molecule has 0 saturated carbocycles. The molecule has 1 fully saturated rings. The number of benzene rings is 2. The second-order valence-corrected chi connectivity index (χ2v) is 8.59. The third-order valence-electron chi connectivity index (χ3n) is 4.71. The number of hydrogen-bond acceptors (Lipinski definition) is 5. The van der Waals surface area contributed by atoms with Gasteiger partial charge in [-0.1, -0.05) is 23.7 Å². The molecule has 0 radical (unpaired) electrons. The van der Waals surface area contributed by atoms with Crippen LogP contribution in [0.25, 0.3) is 0 Å². The van der Waals surface area contributed by atoms with Gasteiger partial charge in [0, 0.05) is 54.8 Å². The molecule has 148 valence electrons. The summed E-state index contributed by atoms with van der Waals surface area (Å²) in [6.07, 6.45) is 0. The zero-order valence-electron chi connectivity index (χ0n) is 15.6. The van der Waals surface area contributed by atoms with Crippen LogP contribution in [0.4, 0.5) is 5.69 Å². The number of amides is 1. The monoisotopic (exact) mass is 419 g/mol. The van der Waals surface area contributed by atoms with E-state index in [1.165, 1.54) is 29.5 Å². The maximum absolute atomic E-state index is 12.7. The summed E-state index contributed by atoms with van der Waals surface area (Å²) in [5.74, 6) is 0.106. The summed E-state index contributed by atoms with van der Waals surface area (Å²) < 4.78 is 0. The number of nitrogens with zero attached hydrogens (tertiary/aromatic N) is 3. The molecule has 1 heterocycles. The molecule has 1 amide bonds. The Labute approximate surface area is 173 Å². The molecule has 28 heavy (non-hydrogen) atoms. The van der Waals surface area contributed by atoms with Gasteiger partial charge in [0.05, 0.1) is 10.2 Å². The van der Waals surface area contributed by atoms with Gasteiger partial charge in [0.15, 0.2) is 0 Å². The van der Waals surface area contributed by atoms with Gasteiger partial charge in [0.1, 0.15) is 0 Å². The highest BCUT2D eigenvalue weighted by Gasteiger charge is 2.25. The van der Waals surface area contributed by atoms with Crippen LogP contribution in [0.2, 0.25) is 5.02 Å². The minimum Gasteiger partial charge on any atom is -0.339 e. The summed E-state index contributed by atoms with van der Waals surface area (Å²) >= 11 is 7.36. The predicted octanol–water partition coefficient (Wildman–Crippen LogP) is 4.07. The summed E-state index contributed by atoms with van der Waals surface area (Å²) in [4.78, 5) is 28.1. The number of non-ortho nitro benzene ring substituents is 1. The Kier molecular flexibility index (Phi) is 6.93. The Morgan fingerprint density at radius 3 is 2.29 bits per heavy atom. The lowest BCUT2D eigenvalue weighted by Crippen LogP contribution is -2.50. The fourth-order valence-electron chi connectivity index (χ4n) is 3.13. The quantitative estimate of drug-likeness (QED) is 0.401. The van der Waals surface area contributed by atoms with Gasteiger partial charge in [-0.25, -0.2) is 0 Å². The van der Waals surface area contributed by atoms with Gasteiger partial charge in [-0.2, -0.15) is 0 Å². The fraction of sp³-hybridized carbons (Fsp3) is 0.350. The van der Waals surface area contributed by atoms with E-state index in [0.717, 1.165) is 29.6 Å². The molecule has 0 aromatic heterocycles. The van der Waals surface area contributed by atoms with Crippen molar-refractivity contribution in [2.75, 3.05) is 26.2 Å². The number of carbonyl (C=O) groups is 1. The first-order valence-corrected chi connectivity index (χ1v) is 10.3. The van der Waals surface area contributed by atoms with Crippen molar-refractivity contribution >= 4 is 35.0 Å². The molecule has 1 aliphatic rings. The van der Waals surface area contributed by atoms with E-state index in [1.807, 2.05) is 36.1 Å². The van der Waals surface area contributed by atoms with Crippen LogP contribution in [-0.2, 0) is 11.3 Å². The minimum atomic E-state index is -0.424. The molecule has 1 unspecified atom stereocenters. The van der Waals surface area contributed by atoms with Gasteiger partial charge in [0.2, 0.25) is 5.91 Å². The van der Waals surface area contributed by atoms with E-state index < -0.39 is 4.92 Å². The van der Waals surface area contributed by atoms with Crippen molar-refractivity contribution in [3.05, 3.63) is 69.2 Å². The molecule has 1 aliphatic heterocycles. The molecule has 8 heteroatoms. The second-order valence-electron chi connectivity index (χ2n) is 6.74. The molecule has 0 spiro atoms. The molecule has 1 atom stereocenters. The van der Waals surface area contributed by atoms with Gasteiger partial charge < -0.3 is 4.90 Å². The Morgan fingerprint density at radius 1 is 1.11 bits per heavy atom. The van der Waals surface area contributed by atoms with Crippen molar-refractivity contribution in [3.63, 3.8) is 0 Å². The van der Waals surface area contributed by atoms with Crippen molar-refractivity contribution in [1.29, 1.82) is 0 Å². The van der Waals surface area contributed by atoms with Gasteiger partial charge in [-0.15, -0.1) is 11.8 Å². The summed E-state index contributed by atoms with van der Waals surface area (Å²) in [5, 5.41) is 11.2. The van der Waals surface area contributed by atoms with Crippen LogP contribution < -0.4 is 0 Å². The predicted molar refractivity (Wildman–Crippen MR) is 112 cm³/mol. The maximum atomic E-state index is 12.7. The van der Waals surface area contributed by atoms with Crippen molar-refractivity contribution in [2.24, 2.45) is 0 Å². The van der Waals surface area contributed by atoms with E-state index in [4.69, 9.17) is 11.6 Å². The van der Waals surface area contributed by atoms with E-state index in [1.54, 1.807) is 12.1 Å². The molecule has 2 aromatic rings. The largest absolute Gasteiger partial charge is 0.339 e. The van der Waals surface area contributed by atoms with Crippen LogP contribution in [-0.4, -0.2) is 52.1 Å². The Bertz CT molecular complexity index is 822. The minimum absolute atomic E-state index is 0.0557. The Balaban J connectivity index is 1.48. The van der Waals surface area contributed by atoms with Crippen molar-refractivity contribution in [2.45, 2.75) is 23.6 Å². The molecular weight excluding hydrogens is 398 g/mol. The summed E-state index contributed by atoms with van der Waals surface area (Å²) in [7, 11) is 0. The third-order valence-corrected chi connectivity index (χ3v) is 6.06. The lowest BCUT2D eigenvalue weighted by molar-refractivity contribution is -0.384. The smallest absolute Gasteiger partial charge is 0.269 e. The number of nitro benzene ring substituents is 1. The molecule has 6 nitrogen and oxygen atoms in total. The van der Waals surface area contributed by atoms with Crippen LogP contribution in [0.15, 0.2) is 53.4 Å². The zero-order valence-corrected chi connectivity index (χ0v) is 17.2. The van der Waals surface area contributed by atoms with Crippen molar-refractivity contribution in [1.82, 2.24) is 9.80 Å². The van der Waals surface area contributed by atoms with E-state index in [0.29, 0.717) is 13.1 Å². The SMILES string of the molecule is CC(Sc1ccc([N+](=O)[O-])cc1)C(=O)N1CCN(Cc2ccc(Cl)cc2)CC1. The van der Waals surface area contributed by atoms with Crippen LogP contribution >= 0.6 is 23.4 Å². The summed E-state index contributed by atoms with van der Waals surface area (Å²) in [6, 6.07) is 14.2. The normalized spacial score (nSPS) is 16.0. The zero-order chi connectivity index (χ0) is 20.1. The number of halogens is 1. The molecule has 2 aromatic carbocycles. The number of hydrogen-bond donors (Lipinski definition) is 0. The maximum Gasteiger partial charge on any atom is 0.269 e. The highest BCUT2D eigenvalue weighted by molar-refractivity contribution is 8.00. The van der Waals surface area contributed by atoms with Crippen molar-refractivity contribution in [3.8, 4) is 0 Å². The number of piperazine rings is 1. The third kappa shape index (κ3) is 5.47.